The lowest BCUT2D eigenvalue weighted by atomic mass is 9.59. The van der Waals surface area contributed by atoms with Gasteiger partial charge in [0.1, 0.15) is 5.75 Å². The first-order chi connectivity index (χ1) is 14.3. The third-order valence-corrected chi connectivity index (χ3v) is 7.14. The van der Waals surface area contributed by atoms with Crippen LogP contribution in [0.1, 0.15) is 24.3 Å². The number of phenolic OH excluding ortho intramolecular Hbond substituents is 1. The summed E-state index contributed by atoms with van der Waals surface area (Å²) in [6.07, 6.45) is 3.42. The van der Waals surface area contributed by atoms with E-state index in [2.05, 4.69) is 15.9 Å². The summed E-state index contributed by atoms with van der Waals surface area (Å²) in [4.78, 5) is 50.9. The van der Waals surface area contributed by atoms with Gasteiger partial charge in [0, 0.05) is 28.7 Å². The number of aromatic hydroxyl groups is 1. The zero-order chi connectivity index (χ0) is 21.3. The quantitative estimate of drug-likeness (QED) is 0.283. The number of ketones is 2. The van der Waals surface area contributed by atoms with Crippen molar-refractivity contribution >= 4 is 39.3 Å². The van der Waals surface area contributed by atoms with Crippen LogP contribution in [0.15, 0.2) is 57.6 Å². The lowest BCUT2D eigenvalue weighted by Crippen LogP contribution is -2.39. The van der Waals surface area contributed by atoms with Crippen molar-refractivity contribution in [3.63, 3.8) is 0 Å². The number of hydroxylamine groups is 2. The minimum Gasteiger partial charge on any atom is -0.508 e. The fourth-order valence-electron chi connectivity index (χ4n) is 5.28. The first-order valence-electron chi connectivity index (χ1n) is 9.55. The Hall–Kier alpha value is -2.84. The highest BCUT2D eigenvalue weighted by Crippen LogP contribution is 2.55. The number of allylic oxidation sites excluding steroid dienone is 6. The number of hydrogen-bond donors (Lipinski definition) is 2. The molecule has 30 heavy (non-hydrogen) atoms. The number of rotatable bonds is 1. The summed E-state index contributed by atoms with van der Waals surface area (Å²) in [6.45, 7) is 0. The number of hydrogen-bond acceptors (Lipinski definition) is 6. The van der Waals surface area contributed by atoms with E-state index in [1.807, 2.05) is 6.08 Å². The minimum absolute atomic E-state index is 0.0236. The van der Waals surface area contributed by atoms with E-state index in [1.165, 1.54) is 12.1 Å². The number of fused-ring (bicyclic) bond motifs is 3. The number of para-hydroxylation sites is 1. The maximum absolute atomic E-state index is 13.0. The van der Waals surface area contributed by atoms with Crippen molar-refractivity contribution in [2.75, 3.05) is 0 Å². The highest BCUT2D eigenvalue weighted by atomic mass is 79.9. The number of amides is 2. The van der Waals surface area contributed by atoms with Gasteiger partial charge in [-0.1, -0.05) is 29.8 Å². The molecule has 2 amide bonds. The molecule has 1 heterocycles. The zero-order valence-corrected chi connectivity index (χ0v) is 17.1. The SMILES string of the molecule is O=C1C=C(Br)C(=O)C2=C1C(c1ccccc1O)C1=CCC3C(=O)N(O)C(=O)C3C1C2. The smallest absolute Gasteiger partial charge is 0.257 e. The van der Waals surface area contributed by atoms with E-state index < -0.39 is 35.5 Å². The molecule has 4 aliphatic rings. The van der Waals surface area contributed by atoms with Crippen molar-refractivity contribution in [1.29, 1.82) is 0 Å². The molecule has 0 spiro atoms. The van der Waals surface area contributed by atoms with Gasteiger partial charge in [0.2, 0.25) is 0 Å². The molecule has 1 aromatic carbocycles. The number of imide groups is 1. The molecule has 4 unspecified atom stereocenters. The van der Waals surface area contributed by atoms with E-state index in [0.717, 1.165) is 5.57 Å². The third-order valence-electron chi connectivity index (χ3n) is 6.56. The summed E-state index contributed by atoms with van der Waals surface area (Å²) in [6, 6.07) is 6.58. The second-order valence-electron chi connectivity index (χ2n) is 7.94. The van der Waals surface area contributed by atoms with Gasteiger partial charge in [-0.05, 0) is 40.8 Å². The van der Waals surface area contributed by atoms with E-state index in [1.54, 1.807) is 18.2 Å². The van der Waals surface area contributed by atoms with Gasteiger partial charge in [-0.15, -0.1) is 0 Å². The highest BCUT2D eigenvalue weighted by Gasteiger charge is 2.56. The molecule has 1 saturated heterocycles. The van der Waals surface area contributed by atoms with Gasteiger partial charge >= 0.3 is 0 Å². The Bertz CT molecular complexity index is 1150. The van der Waals surface area contributed by atoms with Gasteiger partial charge in [-0.3, -0.25) is 24.4 Å². The van der Waals surface area contributed by atoms with Gasteiger partial charge in [0.05, 0.1) is 16.3 Å². The molecule has 5 rings (SSSR count). The van der Waals surface area contributed by atoms with Gasteiger partial charge in [-0.2, -0.15) is 5.06 Å². The van der Waals surface area contributed by atoms with Crippen molar-refractivity contribution in [3.05, 3.63) is 63.2 Å². The van der Waals surface area contributed by atoms with Gasteiger partial charge in [-0.25, -0.2) is 0 Å². The van der Waals surface area contributed by atoms with Crippen LogP contribution in [0.25, 0.3) is 0 Å². The standard InChI is InChI=1S/C22H16BrNO6/c23-14-8-16(26)19-13(20(14)27)7-12-9(17(19)10-3-1-2-4-15(10)25)5-6-11-18(12)22(29)24(30)21(11)28/h1-5,8,11-12,17-18,25,30H,6-7H2. The molecule has 0 bridgehead atoms. The Labute approximate surface area is 179 Å². The normalized spacial score (nSPS) is 30.7. The first kappa shape index (κ1) is 19.1. The predicted molar refractivity (Wildman–Crippen MR) is 106 cm³/mol. The van der Waals surface area contributed by atoms with Crippen LogP contribution in [0.5, 0.6) is 5.75 Å². The highest BCUT2D eigenvalue weighted by molar-refractivity contribution is 9.12. The molecular formula is C22H16BrNO6. The molecule has 152 valence electrons. The number of halogens is 1. The number of carbonyl (C=O) groups excluding carboxylic acids is 4. The number of Topliss-reactive ketones (excluding diaryl/α,β-unsaturated/α-hetero) is 1. The van der Waals surface area contributed by atoms with Gasteiger partial charge in [0.15, 0.2) is 11.6 Å². The Morgan fingerprint density at radius 2 is 1.77 bits per heavy atom. The van der Waals surface area contributed by atoms with Gasteiger partial charge in [0.25, 0.3) is 11.8 Å². The summed E-state index contributed by atoms with van der Waals surface area (Å²) in [7, 11) is 0. The number of nitrogens with zero attached hydrogens (tertiary/aromatic N) is 1. The average molecular weight is 470 g/mol. The summed E-state index contributed by atoms with van der Waals surface area (Å²) in [5, 5.41) is 20.6. The molecule has 1 aromatic rings. The summed E-state index contributed by atoms with van der Waals surface area (Å²) in [5.74, 6) is -4.77. The van der Waals surface area contributed by atoms with E-state index in [-0.39, 0.29) is 45.3 Å². The van der Waals surface area contributed by atoms with Crippen LogP contribution in [0, 0.1) is 17.8 Å². The predicted octanol–water partition coefficient (Wildman–Crippen LogP) is 2.54. The van der Waals surface area contributed by atoms with Gasteiger partial charge < -0.3 is 5.11 Å². The van der Waals surface area contributed by atoms with Crippen LogP contribution < -0.4 is 0 Å². The summed E-state index contributed by atoms with van der Waals surface area (Å²) < 4.78 is 0.139. The molecule has 1 aliphatic heterocycles. The van der Waals surface area contributed by atoms with Crippen molar-refractivity contribution in [1.82, 2.24) is 5.06 Å². The second kappa shape index (κ2) is 6.58. The van der Waals surface area contributed by atoms with E-state index in [4.69, 9.17) is 0 Å². The molecule has 0 radical (unpaired) electrons. The molecule has 7 nitrogen and oxygen atoms in total. The number of carbonyl (C=O) groups is 4. The Morgan fingerprint density at radius 3 is 2.50 bits per heavy atom. The Kier molecular flexibility index (Phi) is 4.20. The van der Waals surface area contributed by atoms with E-state index in [0.29, 0.717) is 11.1 Å². The summed E-state index contributed by atoms with van der Waals surface area (Å²) >= 11 is 3.15. The fraction of sp³-hybridized carbons (Fsp3) is 0.273. The molecule has 4 atom stereocenters. The largest absolute Gasteiger partial charge is 0.508 e. The maximum Gasteiger partial charge on any atom is 0.257 e. The molecule has 0 saturated carbocycles. The topological polar surface area (TPSA) is 112 Å². The van der Waals surface area contributed by atoms with Crippen LogP contribution in [0.4, 0.5) is 0 Å². The molecule has 2 N–H and O–H groups in total. The lowest BCUT2D eigenvalue weighted by molar-refractivity contribution is -0.173. The molecular weight excluding hydrogens is 454 g/mol. The molecule has 3 aliphatic carbocycles. The summed E-state index contributed by atoms with van der Waals surface area (Å²) in [5.41, 5.74) is 1.76. The van der Waals surface area contributed by atoms with Crippen LogP contribution in [0.3, 0.4) is 0 Å². The van der Waals surface area contributed by atoms with Crippen molar-refractivity contribution in [3.8, 4) is 5.75 Å². The maximum atomic E-state index is 13.0. The average Bonchev–Trinajstić information content (AvgIpc) is 2.95. The monoisotopic (exact) mass is 469 g/mol. The van der Waals surface area contributed by atoms with Crippen molar-refractivity contribution in [2.45, 2.75) is 18.8 Å². The van der Waals surface area contributed by atoms with Crippen molar-refractivity contribution < 1.29 is 29.5 Å². The molecule has 1 fully saturated rings. The van der Waals surface area contributed by atoms with Crippen LogP contribution >= 0.6 is 15.9 Å². The van der Waals surface area contributed by atoms with Crippen molar-refractivity contribution in [2.24, 2.45) is 17.8 Å². The van der Waals surface area contributed by atoms with E-state index in [9.17, 15) is 29.5 Å². The van der Waals surface area contributed by atoms with Crippen LogP contribution in [0.2, 0.25) is 0 Å². The third kappa shape index (κ3) is 2.47. The molecule has 8 heteroatoms. The Balaban J connectivity index is 1.73. The first-order valence-corrected chi connectivity index (χ1v) is 10.3. The Morgan fingerprint density at radius 1 is 1.03 bits per heavy atom. The van der Waals surface area contributed by atoms with Crippen LogP contribution in [-0.2, 0) is 19.2 Å². The number of phenols is 1. The zero-order valence-electron chi connectivity index (χ0n) is 15.5. The second-order valence-corrected chi connectivity index (χ2v) is 8.80. The van der Waals surface area contributed by atoms with Crippen LogP contribution in [-0.4, -0.2) is 38.8 Å². The lowest BCUT2D eigenvalue weighted by Gasteiger charge is -2.42. The fourth-order valence-corrected chi connectivity index (χ4v) is 5.72. The minimum atomic E-state index is -0.808. The molecule has 0 aromatic heterocycles. The number of benzene rings is 1. The van der Waals surface area contributed by atoms with E-state index >= 15 is 0 Å².